The lowest BCUT2D eigenvalue weighted by Crippen LogP contribution is -2.35. The summed E-state index contributed by atoms with van der Waals surface area (Å²) in [7, 11) is 0. The Labute approximate surface area is 148 Å². The van der Waals surface area contributed by atoms with Gasteiger partial charge in [-0.25, -0.2) is 0 Å². The average molecular weight is 333 g/mol. The number of para-hydroxylation sites is 1. The number of anilines is 1. The molecule has 2 aromatic carbocycles. The summed E-state index contributed by atoms with van der Waals surface area (Å²) >= 11 is 0. The van der Waals surface area contributed by atoms with Crippen molar-refractivity contribution in [2.45, 2.75) is 13.8 Å². The monoisotopic (exact) mass is 333 g/mol. The van der Waals surface area contributed by atoms with E-state index in [1.165, 1.54) is 11.3 Å². The molecule has 1 N–H and O–H groups in total. The van der Waals surface area contributed by atoms with Crippen LogP contribution in [-0.4, -0.2) is 30.5 Å². The standard InChI is InChI=1S/C21H23N3O/c1-3-24(18-10-4-7-16(2)15-18)14-13-23-21(25)19-11-5-8-17-9-6-12-22-20(17)19/h4-12,15H,3,13-14H2,1-2H3,(H,23,25). The molecule has 0 saturated heterocycles. The zero-order valence-corrected chi connectivity index (χ0v) is 14.7. The van der Waals surface area contributed by atoms with Gasteiger partial charge >= 0.3 is 0 Å². The number of aryl methyl sites for hydroxylation is 1. The number of hydrogen-bond acceptors (Lipinski definition) is 3. The van der Waals surface area contributed by atoms with Crippen LogP contribution < -0.4 is 10.2 Å². The molecule has 0 aliphatic rings. The van der Waals surface area contributed by atoms with E-state index in [9.17, 15) is 4.79 Å². The molecular weight excluding hydrogens is 310 g/mol. The Morgan fingerprint density at radius 3 is 2.72 bits per heavy atom. The first-order valence-corrected chi connectivity index (χ1v) is 8.62. The number of benzene rings is 2. The van der Waals surface area contributed by atoms with Crippen molar-refractivity contribution in [1.29, 1.82) is 0 Å². The zero-order valence-electron chi connectivity index (χ0n) is 14.7. The number of likely N-dealkylation sites (N-methyl/N-ethyl adjacent to an activating group) is 1. The Morgan fingerprint density at radius 2 is 1.92 bits per heavy atom. The average Bonchev–Trinajstić information content (AvgIpc) is 2.64. The molecule has 25 heavy (non-hydrogen) atoms. The molecule has 0 spiro atoms. The maximum absolute atomic E-state index is 12.5. The SMILES string of the molecule is CCN(CCNC(=O)c1cccc2cccnc12)c1cccc(C)c1. The van der Waals surface area contributed by atoms with Crippen molar-refractivity contribution in [1.82, 2.24) is 10.3 Å². The summed E-state index contributed by atoms with van der Waals surface area (Å²) in [6.45, 7) is 6.47. The highest BCUT2D eigenvalue weighted by Crippen LogP contribution is 2.16. The minimum atomic E-state index is -0.0791. The molecule has 3 rings (SSSR count). The summed E-state index contributed by atoms with van der Waals surface area (Å²) in [6, 6.07) is 18.0. The van der Waals surface area contributed by atoms with Crippen LogP contribution in [-0.2, 0) is 0 Å². The van der Waals surface area contributed by atoms with Crippen molar-refractivity contribution in [3.63, 3.8) is 0 Å². The maximum atomic E-state index is 12.5. The van der Waals surface area contributed by atoms with Crippen LogP contribution >= 0.6 is 0 Å². The lowest BCUT2D eigenvalue weighted by atomic mass is 10.1. The molecule has 1 amide bonds. The van der Waals surface area contributed by atoms with E-state index in [-0.39, 0.29) is 5.91 Å². The predicted molar refractivity (Wildman–Crippen MR) is 103 cm³/mol. The summed E-state index contributed by atoms with van der Waals surface area (Å²) < 4.78 is 0. The first kappa shape index (κ1) is 17.0. The molecule has 0 aliphatic heterocycles. The highest BCUT2D eigenvalue weighted by Gasteiger charge is 2.11. The second-order valence-electron chi connectivity index (χ2n) is 6.06. The van der Waals surface area contributed by atoms with E-state index >= 15 is 0 Å². The molecule has 4 heteroatoms. The van der Waals surface area contributed by atoms with Crippen LogP contribution in [0.25, 0.3) is 10.9 Å². The van der Waals surface area contributed by atoms with Gasteiger partial charge in [-0.1, -0.05) is 30.3 Å². The lowest BCUT2D eigenvalue weighted by Gasteiger charge is -2.23. The number of aromatic nitrogens is 1. The molecule has 0 aliphatic carbocycles. The molecule has 1 aromatic heterocycles. The number of carbonyl (C=O) groups excluding carboxylic acids is 1. The van der Waals surface area contributed by atoms with Crippen LogP contribution in [0.3, 0.4) is 0 Å². The Bertz CT molecular complexity index is 870. The molecule has 128 valence electrons. The van der Waals surface area contributed by atoms with E-state index in [1.54, 1.807) is 6.20 Å². The normalized spacial score (nSPS) is 10.6. The minimum absolute atomic E-state index is 0.0791. The second kappa shape index (κ2) is 7.79. The molecule has 0 unspecified atom stereocenters. The minimum Gasteiger partial charge on any atom is -0.370 e. The van der Waals surface area contributed by atoms with Crippen molar-refractivity contribution in [3.8, 4) is 0 Å². The first-order chi connectivity index (χ1) is 12.2. The van der Waals surface area contributed by atoms with Gasteiger partial charge in [-0.05, 0) is 43.7 Å². The summed E-state index contributed by atoms with van der Waals surface area (Å²) in [6.07, 6.45) is 1.72. The smallest absolute Gasteiger partial charge is 0.253 e. The number of rotatable bonds is 6. The van der Waals surface area contributed by atoms with Gasteiger partial charge in [-0.3, -0.25) is 9.78 Å². The third-order valence-electron chi connectivity index (χ3n) is 4.29. The Balaban J connectivity index is 1.65. The van der Waals surface area contributed by atoms with Gasteiger partial charge in [-0.15, -0.1) is 0 Å². The fraction of sp³-hybridized carbons (Fsp3) is 0.238. The van der Waals surface area contributed by atoms with E-state index in [1.807, 2.05) is 30.3 Å². The Kier molecular flexibility index (Phi) is 5.29. The molecule has 0 saturated carbocycles. The number of pyridine rings is 1. The van der Waals surface area contributed by atoms with Crippen LogP contribution in [0.1, 0.15) is 22.8 Å². The second-order valence-corrected chi connectivity index (χ2v) is 6.06. The molecule has 0 radical (unpaired) electrons. The summed E-state index contributed by atoms with van der Waals surface area (Å²) in [5.41, 5.74) is 3.79. The number of amides is 1. The number of hydrogen-bond donors (Lipinski definition) is 1. The van der Waals surface area contributed by atoms with Gasteiger partial charge in [0.15, 0.2) is 0 Å². The third-order valence-corrected chi connectivity index (χ3v) is 4.29. The van der Waals surface area contributed by atoms with Gasteiger partial charge in [0.2, 0.25) is 0 Å². The number of carbonyl (C=O) groups is 1. The summed E-state index contributed by atoms with van der Waals surface area (Å²) in [4.78, 5) is 19.2. The van der Waals surface area contributed by atoms with Crippen LogP contribution in [0.4, 0.5) is 5.69 Å². The lowest BCUT2D eigenvalue weighted by molar-refractivity contribution is 0.0956. The summed E-state index contributed by atoms with van der Waals surface area (Å²) in [5.74, 6) is -0.0791. The highest BCUT2D eigenvalue weighted by molar-refractivity contribution is 6.05. The van der Waals surface area contributed by atoms with E-state index in [0.29, 0.717) is 12.1 Å². The van der Waals surface area contributed by atoms with Gasteiger partial charge in [0.1, 0.15) is 0 Å². The largest absolute Gasteiger partial charge is 0.370 e. The van der Waals surface area contributed by atoms with Crippen LogP contribution in [0.2, 0.25) is 0 Å². The van der Waals surface area contributed by atoms with Crippen LogP contribution in [0.5, 0.6) is 0 Å². The van der Waals surface area contributed by atoms with Gasteiger partial charge < -0.3 is 10.2 Å². The number of nitrogens with zero attached hydrogens (tertiary/aromatic N) is 2. The fourth-order valence-corrected chi connectivity index (χ4v) is 2.98. The summed E-state index contributed by atoms with van der Waals surface area (Å²) in [5, 5.41) is 4.00. The Morgan fingerprint density at radius 1 is 1.12 bits per heavy atom. The van der Waals surface area contributed by atoms with Crippen molar-refractivity contribution in [2.75, 3.05) is 24.5 Å². The first-order valence-electron chi connectivity index (χ1n) is 8.62. The highest BCUT2D eigenvalue weighted by atomic mass is 16.1. The van der Waals surface area contributed by atoms with E-state index < -0.39 is 0 Å². The van der Waals surface area contributed by atoms with E-state index in [4.69, 9.17) is 0 Å². The molecular formula is C21H23N3O. The maximum Gasteiger partial charge on any atom is 0.253 e. The quantitative estimate of drug-likeness (QED) is 0.746. The molecule has 0 bridgehead atoms. The number of fused-ring (bicyclic) bond motifs is 1. The van der Waals surface area contributed by atoms with Crippen molar-refractivity contribution in [3.05, 3.63) is 71.9 Å². The van der Waals surface area contributed by atoms with Gasteiger partial charge in [0.05, 0.1) is 11.1 Å². The van der Waals surface area contributed by atoms with E-state index in [0.717, 1.165) is 24.0 Å². The van der Waals surface area contributed by atoms with Gasteiger partial charge in [0, 0.05) is 36.9 Å². The predicted octanol–water partition coefficient (Wildman–Crippen LogP) is 3.80. The molecule has 0 atom stereocenters. The van der Waals surface area contributed by atoms with Crippen LogP contribution in [0, 0.1) is 6.92 Å². The van der Waals surface area contributed by atoms with Gasteiger partial charge in [-0.2, -0.15) is 0 Å². The van der Waals surface area contributed by atoms with Crippen LogP contribution in [0.15, 0.2) is 60.8 Å². The van der Waals surface area contributed by atoms with Gasteiger partial charge in [0.25, 0.3) is 5.91 Å². The number of nitrogens with one attached hydrogen (secondary N) is 1. The van der Waals surface area contributed by atoms with Crippen molar-refractivity contribution < 1.29 is 4.79 Å². The molecule has 1 heterocycles. The molecule has 4 nitrogen and oxygen atoms in total. The molecule has 0 fully saturated rings. The third kappa shape index (κ3) is 3.97. The van der Waals surface area contributed by atoms with Crippen molar-refractivity contribution in [2.24, 2.45) is 0 Å². The topological polar surface area (TPSA) is 45.2 Å². The van der Waals surface area contributed by atoms with Crippen molar-refractivity contribution >= 4 is 22.5 Å². The molecule has 3 aromatic rings. The Hall–Kier alpha value is -2.88. The zero-order chi connectivity index (χ0) is 17.6. The van der Waals surface area contributed by atoms with E-state index in [2.05, 4.69) is 53.3 Å². The fourth-order valence-electron chi connectivity index (χ4n) is 2.98.